The van der Waals surface area contributed by atoms with Crippen molar-refractivity contribution in [1.82, 2.24) is 45.0 Å². The Morgan fingerprint density at radius 1 is 1.17 bits per heavy atom. The molecule has 4 aromatic rings. The molecule has 2 aliphatic heterocycles. The van der Waals surface area contributed by atoms with Crippen molar-refractivity contribution >= 4 is 40.7 Å². The van der Waals surface area contributed by atoms with E-state index in [-0.39, 0.29) is 75.7 Å². The fraction of sp³-hybridized carbons (Fsp3) is 0.379. The monoisotopic (exact) mass is 653 g/mol. The molecule has 13 nitrogen and oxygen atoms in total. The Balaban J connectivity index is 1.02. The third-order valence-electron chi connectivity index (χ3n) is 8.61. The lowest BCUT2D eigenvalue weighted by molar-refractivity contribution is -0.141. The van der Waals surface area contributed by atoms with E-state index in [4.69, 9.17) is 16.9 Å². The minimum Gasteiger partial charge on any atom is -0.349 e. The van der Waals surface area contributed by atoms with Crippen LogP contribution >= 0.6 is 11.6 Å². The molecule has 2 saturated heterocycles. The van der Waals surface area contributed by atoms with Crippen LogP contribution in [0.1, 0.15) is 22.5 Å². The van der Waals surface area contributed by atoms with Gasteiger partial charge in [-0.3, -0.25) is 13.9 Å². The summed E-state index contributed by atoms with van der Waals surface area (Å²) in [6, 6.07) is 6.61. The second-order valence-electron chi connectivity index (χ2n) is 11.5. The Bertz CT molecular complexity index is 1870. The zero-order chi connectivity index (χ0) is 32.2. The van der Waals surface area contributed by atoms with Crippen molar-refractivity contribution in [3.63, 3.8) is 0 Å². The number of hydrogen-bond acceptors (Lipinski definition) is 8. The highest BCUT2D eigenvalue weighted by Gasteiger charge is 2.57. The summed E-state index contributed by atoms with van der Waals surface area (Å²) >= 11 is 6.50. The number of alkyl halides is 3. The summed E-state index contributed by atoms with van der Waals surface area (Å²) in [5, 5.41) is 25.1. The number of fused-ring (bicyclic) bond motifs is 2. The fourth-order valence-corrected chi connectivity index (χ4v) is 6.54. The van der Waals surface area contributed by atoms with Crippen LogP contribution in [0.4, 0.5) is 29.5 Å². The first-order chi connectivity index (χ1) is 22.1. The molecule has 1 unspecified atom stereocenters. The Hall–Kier alpha value is -4.88. The Morgan fingerprint density at radius 3 is 2.67 bits per heavy atom. The number of halogens is 4. The smallest absolute Gasteiger partial charge is 0.349 e. The average molecular weight is 654 g/mol. The molecule has 1 aromatic carbocycles. The summed E-state index contributed by atoms with van der Waals surface area (Å²) in [5.41, 5.74) is -0.258. The predicted molar refractivity (Wildman–Crippen MR) is 159 cm³/mol. The molecule has 238 valence electrons. The van der Waals surface area contributed by atoms with Crippen LogP contribution in [-0.4, -0.2) is 79.3 Å². The lowest BCUT2D eigenvalue weighted by Crippen LogP contribution is -2.46. The summed E-state index contributed by atoms with van der Waals surface area (Å²) in [7, 11) is 0. The number of benzene rings is 1. The number of aromatic nitrogens is 5. The SMILES string of the molecule is N#CCn1cc(-c2cnc3c(Nc4ccc(C(=O)NC5[C@H]6CN(C(=O)N[C@H]7CCNC7)C[C@@H]56)c(Cl)c4)nccn23)c(C(F)(F)F)n1. The van der Waals surface area contributed by atoms with Crippen LogP contribution < -0.4 is 21.3 Å². The summed E-state index contributed by atoms with van der Waals surface area (Å²) in [6.45, 7) is 2.51. The van der Waals surface area contributed by atoms with Gasteiger partial charge in [0.25, 0.3) is 5.91 Å². The molecule has 4 atom stereocenters. The number of nitrogens with one attached hydrogen (secondary N) is 4. The molecule has 1 saturated carbocycles. The molecule has 0 spiro atoms. The number of nitriles is 1. The van der Waals surface area contributed by atoms with Crippen molar-refractivity contribution in [1.29, 1.82) is 5.26 Å². The number of urea groups is 1. The average Bonchev–Trinajstić information content (AvgIpc) is 3.64. The van der Waals surface area contributed by atoms with E-state index in [1.807, 2.05) is 0 Å². The number of anilines is 2. The number of imidazole rings is 1. The molecular formula is C29H27ClF3N11O2. The number of carbonyl (C=O) groups excluding carboxylic acids is 2. The Kier molecular flexibility index (Phi) is 7.44. The van der Waals surface area contributed by atoms with E-state index >= 15 is 0 Å². The molecular weight excluding hydrogens is 627 g/mol. The second-order valence-corrected chi connectivity index (χ2v) is 12.0. The van der Waals surface area contributed by atoms with Gasteiger partial charge in [-0.05, 0) is 31.2 Å². The van der Waals surface area contributed by atoms with Gasteiger partial charge in [-0.25, -0.2) is 14.8 Å². The summed E-state index contributed by atoms with van der Waals surface area (Å²) in [5.74, 6) is 0.327. The third-order valence-corrected chi connectivity index (χ3v) is 8.92. The largest absolute Gasteiger partial charge is 0.435 e. The molecule has 0 radical (unpaired) electrons. The van der Waals surface area contributed by atoms with Crippen LogP contribution in [0.15, 0.2) is 43.0 Å². The van der Waals surface area contributed by atoms with E-state index in [1.165, 1.54) is 23.0 Å². The molecule has 0 bridgehead atoms. The molecule has 3 aromatic heterocycles. The molecule has 3 aliphatic rings. The highest BCUT2D eigenvalue weighted by Crippen LogP contribution is 2.46. The van der Waals surface area contributed by atoms with Gasteiger partial charge >= 0.3 is 12.2 Å². The van der Waals surface area contributed by atoms with Crippen molar-refractivity contribution in [3.8, 4) is 17.3 Å². The number of piperidine rings is 1. The van der Waals surface area contributed by atoms with Crippen LogP contribution in [0.5, 0.6) is 0 Å². The van der Waals surface area contributed by atoms with Gasteiger partial charge in [-0.1, -0.05) is 11.6 Å². The Labute approximate surface area is 264 Å². The van der Waals surface area contributed by atoms with Gasteiger partial charge in [-0.15, -0.1) is 0 Å². The number of rotatable bonds is 7. The highest BCUT2D eigenvalue weighted by molar-refractivity contribution is 6.34. The highest BCUT2D eigenvalue weighted by atomic mass is 35.5. The van der Waals surface area contributed by atoms with Gasteiger partial charge in [0.2, 0.25) is 0 Å². The maximum atomic E-state index is 13.8. The lowest BCUT2D eigenvalue weighted by atomic mass is 10.2. The predicted octanol–water partition coefficient (Wildman–Crippen LogP) is 3.26. The zero-order valence-electron chi connectivity index (χ0n) is 24.1. The molecule has 46 heavy (non-hydrogen) atoms. The molecule has 3 amide bonds. The number of likely N-dealkylation sites (tertiary alicyclic amines) is 1. The van der Waals surface area contributed by atoms with Crippen LogP contribution in [0, 0.1) is 23.2 Å². The van der Waals surface area contributed by atoms with Crippen LogP contribution in [0.3, 0.4) is 0 Å². The zero-order valence-corrected chi connectivity index (χ0v) is 24.8. The minimum atomic E-state index is -4.75. The van der Waals surface area contributed by atoms with E-state index in [2.05, 4.69) is 36.3 Å². The molecule has 7 rings (SSSR count). The first kappa shape index (κ1) is 29.8. The quantitative estimate of drug-likeness (QED) is 0.237. The Morgan fingerprint density at radius 2 is 1.98 bits per heavy atom. The molecule has 1 aliphatic carbocycles. The maximum Gasteiger partial charge on any atom is 0.435 e. The van der Waals surface area contributed by atoms with E-state index in [0.29, 0.717) is 18.8 Å². The van der Waals surface area contributed by atoms with E-state index in [1.54, 1.807) is 29.2 Å². The van der Waals surface area contributed by atoms with E-state index < -0.39 is 11.9 Å². The molecule has 3 fully saturated rings. The third kappa shape index (κ3) is 5.56. The number of carbonyl (C=O) groups is 2. The fourth-order valence-electron chi connectivity index (χ4n) is 6.27. The number of nitrogens with zero attached hydrogens (tertiary/aromatic N) is 7. The number of amides is 3. The number of hydrogen-bond donors (Lipinski definition) is 4. The van der Waals surface area contributed by atoms with Gasteiger partial charge < -0.3 is 26.2 Å². The van der Waals surface area contributed by atoms with Gasteiger partial charge in [0, 0.05) is 67.8 Å². The van der Waals surface area contributed by atoms with Crippen LogP contribution in [-0.2, 0) is 12.7 Å². The standard InChI is InChI=1S/C29H27ClF3N11O2/c30-21-9-15(1-2-17(21)27(45)40-23-18-12-42(13-19(18)23)28(46)39-16-3-5-35-10-16)38-25-26-37-11-22(44(26)8-6-36-25)20-14-43(7-4-34)41-24(20)29(31,32)33/h1-2,6,8-9,11,14,16,18-19,23,35H,3,5,7,10,12-13H2,(H,36,38)(H,39,46)(H,40,45)/t16-,18-,19+,23?/m0/s1. The van der Waals surface area contributed by atoms with Crippen molar-refractivity contribution in [3.05, 3.63) is 59.3 Å². The van der Waals surface area contributed by atoms with Crippen LogP contribution in [0.2, 0.25) is 5.02 Å². The van der Waals surface area contributed by atoms with E-state index in [0.717, 1.165) is 30.4 Å². The maximum absolute atomic E-state index is 13.8. The van der Waals surface area contributed by atoms with Gasteiger partial charge in [0.05, 0.1) is 34.1 Å². The normalized spacial score (nSPS) is 22.0. The van der Waals surface area contributed by atoms with Gasteiger partial charge in [0.1, 0.15) is 6.54 Å². The molecule has 5 heterocycles. The van der Waals surface area contributed by atoms with Gasteiger partial charge in [-0.2, -0.15) is 23.5 Å². The first-order valence-electron chi connectivity index (χ1n) is 14.6. The minimum absolute atomic E-state index is 0.0279. The second kappa shape index (κ2) is 11.5. The van der Waals surface area contributed by atoms with Crippen molar-refractivity contribution in [2.45, 2.75) is 31.2 Å². The molecule has 4 N–H and O–H groups in total. The van der Waals surface area contributed by atoms with E-state index in [9.17, 15) is 22.8 Å². The summed E-state index contributed by atoms with van der Waals surface area (Å²) in [4.78, 5) is 36.0. The summed E-state index contributed by atoms with van der Waals surface area (Å²) < 4.78 is 43.6. The summed E-state index contributed by atoms with van der Waals surface area (Å²) in [6.07, 6.45) is 1.47. The van der Waals surface area contributed by atoms with Crippen molar-refractivity contribution in [2.24, 2.45) is 11.8 Å². The van der Waals surface area contributed by atoms with Crippen LogP contribution in [0.25, 0.3) is 16.9 Å². The topological polar surface area (TPSA) is 157 Å². The van der Waals surface area contributed by atoms with Crippen molar-refractivity contribution < 1.29 is 22.8 Å². The molecule has 17 heteroatoms. The lowest BCUT2D eigenvalue weighted by Gasteiger charge is -2.23. The first-order valence-corrected chi connectivity index (χ1v) is 15.0. The van der Waals surface area contributed by atoms with Crippen molar-refractivity contribution in [2.75, 3.05) is 31.5 Å². The van der Waals surface area contributed by atoms with Gasteiger partial charge in [0.15, 0.2) is 17.2 Å².